The molecule has 0 radical (unpaired) electrons. The summed E-state index contributed by atoms with van der Waals surface area (Å²) >= 11 is 0. The van der Waals surface area contributed by atoms with Crippen molar-refractivity contribution in [1.82, 2.24) is 15.3 Å². The van der Waals surface area contributed by atoms with Crippen LogP contribution in [0.4, 0.5) is 5.95 Å². The highest BCUT2D eigenvalue weighted by molar-refractivity contribution is 5.31. The summed E-state index contributed by atoms with van der Waals surface area (Å²) in [5.41, 5.74) is 1.23. The minimum Gasteiger partial charge on any atom is -0.342 e. The maximum Gasteiger partial charge on any atom is 0.202 e. The lowest BCUT2D eigenvalue weighted by Crippen LogP contribution is -2.36. The number of hydrogen-bond acceptors (Lipinski definition) is 3. The largest absolute Gasteiger partial charge is 0.342 e. The molecule has 0 aromatic carbocycles. The zero-order valence-electron chi connectivity index (χ0n) is 11.0. The Morgan fingerprint density at radius 3 is 2.71 bits per heavy atom. The summed E-state index contributed by atoms with van der Waals surface area (Å²) in [4.78, 5) is 10.3. The summed E-state index contributed by atoms with van der Waals surface area (Å²) in [7, 11) is 0. The second kappa shape index (κ2) is 6.05. The maximum atomic E-state index is 4.48. The van der Waals surface area contributed by atoms with Gasteiger partial charge in [-0.25, -0.2) is 4.98 Å². The van der Waals surface area contributed by atoms with Crippen molar-refractivity contribution >= 4 is 5.95 Å². The maximum absolute atomic E-state index is 4.48. The van der Waals surface area contributed by atoms with Crippen LogP contribution in [0.25, 0.3) is 0 Å². The third-order valence-electron chi connectivity index (χ3n) is 3.61. The van der Waals surface area contributed by atoms with Gasteiger partial charge in [-0.2, -0.15) is 0 Å². The van der Waals surface area contributed by atoms with Crippen LogP contribution < -0.4 is 10.2 Å². The van der Waals surface area contributed by atoms with E-state index in [1.165, 1.54) is 31.6 Å². The van der Waals surface area contributed by atoms with Gasteiger partial charge < -0.3 is 15.2 Å². The smallest absolute Gasteiger partial charge is 0.202 e. The predicted molar refractivity (Wildman–Crippen MR) is 71.4 cm³/mol. The minimum atomic E-state index is 0.811. The number of aryl methyl sites for hydroxylation is 1. The lowest BCUT2D eigenvalue weighted by molar-refractivity contribution is 0.373. The molecule has 0 spiro atoms. The summed E-state index contributed by atoms with van der Waals surface area (Å²) in [6.07, 6.45) is 5.56. The highest BCUT2D eigenvalue weighted by Gasteiger charge is 2.17. The monoisotopic (exact) mass is 236 g/mol. The van der Waals surface area contributed by atoms with Crippen molar-refractivity contribution in [3.8, 4) is 0 Å². The Kier molecular flexibility index (Phi) is 4.42. The summed E-state index contributed by atoms with van der Waals surface area (Å²) in [5, 5.41) is 3.42. The highest BCUT2D eigenvalue weighted by atomic mass is 15.3. The molecule has 96 valence electrons. The number of rotatable bonds is 5. The molecule has 4 nitrogen and oxygen atoms in total. The number of H-pyrrole nitrogens is 1. The Morgan fingerprint density at radius 1 is 1.35 bits per heavy atom. The zero-order chi connectivity index (χ0) is 12.1. The third-order valence-corrected chi connectivity index (χ3v) is 3.61. The van der Waals surface area contributed by atoms with Crippen molar-refractivity contribution < 1.29 is 0 Å². The minimum absolute atomic E-state index is 0.811. The Morgan fingerprint density at radius 2 is 2.12 bits per heavy atom. The Bertz CT molecular complexity index is 328. The van der Waals surface area contributed by atoms with Gasteiger partial charge in [0.05, 0.1) is 6.20 Å². The molecule has 1 fully saturated rings. The number of anilines is 1. The third kappa shape index (κ3) is 3.22. The van der Waals surface area contributed by atoms with Gasteiger partial charge in [0.15, 0.2) is 0 Å². The molecule has 0 saturated carbocycles. The molecule has 17 heavy (non-hydrogen) atoms. The van der Waals surface area contributed by atoms with E-state index in [1.807, 2.05) is 6.20 Å². The second-order valence-corrected chi connectivity index (χ2v) is 4.82. The van der Waals surface area contributed by atoms with E-state index in [0.29, 0.717) is 0 Å². The van der Waals surface area contributed by atoms with Crippen molar-refractivity contribution in [2.75, 3.05) is 31.1 Å². The first-order chi connectivity index (χ1) is 8.33. The molecule has 2 rings (SSSR count). The fourth-order valence-electron chi connectivity index (χ4n) is 2.43. The molecule has 2 N–H and O–H groups in total. The van der Waals surface area contributed by atoms with E-state index >= 15 is 0 Å². The Hall–Kier alpha value is -1.03. The highest BCUT2D eigenvalue weighted by Crippen LogP contribution is 2.17. The van der Waals surface area contributed by atoms with Gasteiger partial charge in [0, 0.05) is 18.8 Å². The van der Waals surface area contributed by atoms with E-state index in [4.69, 9.17) is 0 Å². The molecule has 1 aliphatic heterocycles. The molecule has 4 heteroatoms. The van der Waals surface area contributed by atoms with Gasteiger partial charge in [0.1, 0.15) is 0 Å². The SMILES string of the molecule is CCc1cnc(N(CC)CC2CCNCC2)[nH]1. The Labute approximate surface area is 104 Å². The van der Waals surface area contributed by atoms with Crippen LogP contribution in [0.3, 0.4) is 0 Å². The standard InChI is InChI=1S/C13H24N4/c1-3-12-9-15-13(16-12)17(4-2)10-11-5-7-14-8-6-11/h9,11,14H,3-8,10H2,1-2H3,(H,15,16). The van der Waals surface area contributed by atoms with Gasteiger partial charge in [-0.1, -0.05) is 6.92 Å². The molecule has 0 unspecified atom stereocenters. The molecule has 1 aliphatic rings. The van der Waals surface area contributed by atoms with E-state index in [1.54, 1.807) is 0 Å². The number of hydrogen-bond donors (Lipinski definition) is 2. The number of nitrogens with zero attached hydrogens (tertiary/aromatic N) is 2. The van der Waals surface area contributed by atoms with Crippen LogP contribution in [0.2, 0.25) is 0 Å². The van der Waals surface area contributed by atoms with Gasteiger partial charge in [-0.05, 0) is 45.2 Å². The summed E-state index contributed by atoms with van der Waals surface area (Å²) in [5.74, 6) is 1.86. The van der Waals surface area contributed by atoms with Crippen molar-refractivity contribution in [1.29, 1.82) is 0 Å². The van der Waals surface area contributed by atoms with Crippen LogP contribution in [0.5, 0.6) is 0 Å². The normalized spacial score (nSPS) is 17.3. The van der Waals surface area contributed by atoms with E-state index in [0.717, 1.165) is 31.4 Å². The van der Waals surface area contributed by atoms with Crippen molar-refractivity contribution in [2.24, 2.45) is 5.92 Å². The van der Waals surface area contributed by atoms with Crippen molar-refractivity contribution in [2.45, 2.75) is 33.1 Å². The van der Waals surface area contributed by atoms with Crippen LogP contribution in [0, 0.1) is 5.92 Å². The number of aromatic amines is 1. The first-order valence-corrected chi connectivity index (χ1v) is 6.83. The van der Waals surface area contributed by atoms with Gasteiger partial charge in [-0.3, -0.25) is 0 Å². The van der Waals surface area contributed by atoms with E-state index in [9.17, 15) is 0 Å². The number of nitrogens with one attached hydrogen (secondary N) is 2. The number of piperidine rings is 1. The average molecular weight is 236 g/mol. The van der Waals surface area contributed by atoms with E-state index in [-0.39, 0.29) is 0 Å². The Balaban J connectivity index is 1.95. The van der Waals surface area contributed by atoms with Gasteiger partial charge >= 0.3 is 0 Å². The fraction of sp³-hybridized carbons (Fsp3) is 0.769. The van der Waals surface area contributed by atoms with Crippen LogP contribution in [-0.4, -0.2) is 36.1 Å². The van der Waals surface area contributed by atoms with Gasteiger partial charge in [0.2, 0.25) is 5.95 Å². The summed E-state index contributed by atoms with van der Waals surface area (Å²) in [6, 6.07) is 0. The van der Waals surface area contributed by atoms with Gasteiger partial charge in [0.25, 0.3) is 0 Å². The average Bonchev–Trinajstić information content (AvgIpc) is 2.86. The number of aromatic nitrogens is 2. The molecule has 0 aliphatic carbocycles. The van der Waals surface area contributed by atoms with Crippen LogP contribution in [0.15, 0.2) is 6.20 Å². The molecule has 0 amide bonds. The molecule has 2 heterocycles. The molecule has 0 atom stereocenters. The van der Waals surface area contributed by atoms with Crippen LogP contribution in [-0.2, 0) is 6.42 Å². The van der Waals surface area contributed by atoms with Crippen LogP contribution in [0.1, 0.15) is 32.4 Å². The van der Waals surface area contributed by atoms with Crippen LogP contribution >= 0.6 is 0 Å². The predicted octanol–water partition coefficient (Wildman–Crippen LogP) is 1.80. The molecule has 1 aromatic heterocycles. The molecular formula is C13H24N4. The fourth-order valence-corrected chi connectivity index (χ4v) is 2.43. The molecular weight excluding hydrogens is 212 g/mol. The molecule has 1 aromatic rings. The lowest BCUT2D eigenvalue weighted by Gasteiger charge is -2.29. The first-order valence-electron chi connectivity index (χ1n) is 6.83. The quantitative estimate of drug-likeness (QED) is 0.819. The second-order valence-electron chi connectivity index (χ2n) is 4.82. The van der Waals surface area contributed by atoms with E-state index in [2.05, 4.69) is 34.0 Å². The zero-order valence-corrected chi connectivity index (χ0v) is 11.0. The lowest BCUT2D eigenvalue weighted by atomic mass is 9.98. The van der Waals surface area contributed by atoms with E-state index < -0.39 is 0 Å². The topological polar surface area (TPSA) is 44.0 Å². The van der Waals surface area contributed by atoms with Crippen molar-refractivity contribution in [3.05, 3.63) is 11.9 Å². The summed E-state index contributed by atoms with van der Waals surface area (Å²) < 4.78 is 0. The van der Waals surface area contributed by atoms with Crippen molar-refractivity contribution in [3.63, 3.8) is 0 Å². The summed E-state index contributed by atoms with van der Waals surface area (Å²) in [6.45, 7) is 8.85. The first kappa shape index (κ1) is 12.4. The number of imidazole rings is 1. The molecule has 0 bridgehead atoms. The molecule has 1 saturated heterocycles. The van der Waals surface area contributed by atoms with Gasteiger partial charge in [-0.15, -0.1) is 0 Å².